The summed E-state index contributed by atoms with van der Waals surface area (Å²) >= 11 is 0. The van der Waals surface area contributed by atoms with Crippen molar-refractivity contribution in [2.75, 3.05) is 5.32 Å². The number of hydrogen-bond donors (Lipinski definition) is 5. The molecule has 0 saturated carbocycles. The lowest BCUT2D eigenvalue weighted by molar-refractivity contribution is -0.655. The topological polar surface area (TPSA) is 145 Å². The summed E-state index contributed by atoms with van der Waals surface area (Å²) in [6.45, 7) is 1.96. The fourth-order valence-electron chi connectivity index (χ4n) is 3.47. The van der Waals surface area contributed by atoms with E-state index in [0.717, 1.165) is 29.0 Å². The molecule has 2 aromatic carbocycles. The molecular formula is C25H23F2N8O+. The molecule has 0 spiro atoms. The van der Waals surface area contributed by atoms with Gasteiger partial charge >= 0.3 is 0 Å². The summed E-state index contributed by atoms with van der Waals surface area (Å²) in [5, 5.41) is 15.0. The van der Waals surface area contributed by atoms with E-state index < -0.39 is 23.6 Å². The first-order valence-electron chi connectivity index (χ1n) is 11.0. The van der Waals surface area contributed by atoms with E-state index in [9.17, 15) is 18.8 Å². The number of aromatic nitrogens is 2. The van der Waals surface area contributed by atoms with E-state index in [-0.39, 0.29) is 17.2 Å². The van der Waals surface area contributed by atoms with Crippen molar-refractivity contribution in [2.24, 2.45) is 5.73 Å². The molecule has 0 fully saturated rings. The highest BCUT2D eigenvalue weighted by Crippen LogP contribution is 2.19. The average Bonchev–Trinajstić information content (AvgIpc) is 2.89. The molecule has 0 bridgehead atoms. The first-order chi connectivity index (χ1) is 17.3. The van der Waals surface area contributed by atoms with Gasteiger partial charge in [-0.25, -0.2) is 24.2 Å². The van der Waals surface area contributed by atoms with Gasteiger partial charge in [-0.05, 0) is 36.3 Å². The fraction of sp³-hybridized carbons (Fsp3) is 0.120. The molecule has 0 radical (unpaired) electrons. The van der Waals surface area contributed by atoms with Crippen LogP contribution >= 0.6 is 0 Å². The van der Waals surface area contributed by atoms with Crippen LogP contribution < -0.4 is 27.2 Å². The summed E-state index contributed by atoms with van der Waals surface area (Å²) in [5.74, 6) is -1.78. The number of nitrogens with one attached hydrogen (secondary N) is 3. The van der Waals surface area contributed by atoms with Crippen molar-refractivity contribution in [3.8, 4) is 6.07 Å². The Morgan fingerprint density at radius 2 is 1.97 bits per heavy atom. The van der Waals surface area contributed by atoms with Crippen LogP contribution in [0.2, 0.25) is 0 Å². The Kier molecular flexibility index (Phi) is 7.17. The number of nitriles is 1. The van der Waals surface area contributed by atoms with Crippen LogP contribution in [0.4, 0.5) is 14.6 Å². The number of benzene rings is 2. The molecule has 1 unspecified atom stereocenters. The number of allylic oxidation sites excluding steroid dienone is 2. The summed E-state index contributed by atoms with van der Waals surface area (Å²) in [5.41, 5.74) is 13.6. The van der Waals surface area contributed by atoms with Gasteiger partial charge in [0.15, 0.2) is 28.8 Å². The standard InChI is InChI=1S/C25H22F2N8O/c1-14(17-6-7-19(26)20(27)10-17)32-25(36)23-24(31-13-18(11-28)33-23)30-12-15-2-4-16(5-3-15)21-8-9-22(29)35-34-21/h2-10,13-14,34-35H,12,29H2,1H3,(H,30,31)(H,32,36)/p+1. The van der Waals surface area contributed by atoms with Gasteiger partial charge in [0.1, 0.15) is 6.07 Å². The zero-order valence-corrected chi connectivity index (χ0v) is 19.2. The number of quaternary nitrogens is 1. The third kappa shape index (κ3) is 5.63. The molecule has 3 aromatic rings. The molecule has 1 atom stereocenters. The van der Waals surface area contributed by atoms with Crippen LogP contribution in [0.3, 0.4) is 0 Å². The van der Waals surface area contributed by atoms with Crippen molar-refractivity contribution >= 4 is 17.4 Å². The molecule has 4 rings (SSSR count). The minimum atomic E-state index is -1.01. The molecule has 36 heavy (non-hydrogen) atoms. The Bertz CT molecular complexity index is 1400. The van der Waals surface area contributed by atoms with E-state index in [4.69, 9.17) is 5.73 Å². The molecule has 7 N–H and O–H groups in total. The Morgan fingerprint density at radius 3 is 2.64 bits per heavy atom. The van der Waals surface area contributed by atoms with Gasteiger partial charge in [-0.1, -0.05) is 30.3 Å². The van der Waals surface area contributed by atoms with E-state index in [0.29, 0.717) is 17.9 Å². The maximum absolute atomic E-state index is 13.6. The van der Waals surface area contributed by atoms with Crippen LogP contribution in [0.1, 0.15) is 45.8 Å². The molecule has 2 heterocycles. The van der Waals surface area contributed by atoms with Gasteiger partial charge in [-0.15, -0.1) is 0 Å². The molecule has 0 aliphatic carbocycles. The smallest absolute Gasteiger partial charge is 0.274 e. The summed E-state index contributed by atoms with van der Waals surface area (Å²) < 4.78 is 26.8. The lowest BCUT2D eigenvalue weighted by Crippen LogP contribution is -2.93. The number of hydrogen-bond acceptors (Lipinski definition) is 7. The minimum absolute atomic E-state index is 0.0321. The number of anilines is 1. The second kappa shape index (κ2) is 10.6. The Morgan fingerprint density at radius 1 is 1.19 bits per heavy atom. The number of carbonyl (C=O) groups is 1. The quantitative estimate of drug-likeness (QED) is 0.319. The molecular weight excluding hydrogens is 466 g/mol. The number of rotatable bonds is 7. The summed E-state index contributed by atoms with van der Waals surface area (Å²) in [6.07, 6.45) is 4.96. The predicted octanol–water partition coefficient (Wildman–Crippen LogP) is 1.95. The highest BCUT2D eigenvalue weighted by atomic mass is 19.2. The van der Waals surface area contributed by atoms with Crippen LogP contribution in [0.5, 0.6) is 0 Å². The van der Waals surface area contributed by atoms with Crippen molar-refractivity contribution in [1.82, 2.24) is 20.7 Å². The largest absolute Gasteiger partial charge is 0.364 e. The van der Waals surface area contributed by atoms with Crippen LogP contribution in [-0.4, -0.2) is 15.9 Å². The second-order valence-electron chi connectivity index (χ2n) is 8.02. The van der Waals surface area contributed by atoms with E-state index in [1.807, 2.05) is 42.5 Å². The second-order valence-corrected chi connectivity index (χ2v) is 8.02. The van der Waals surface area contributed by atoms with Crippen molar-refractivity contribution in [3.05, 3.63) is 106 Å². The predicted molar refractivity (Wildman–Crippen MR) is 128 cm³/mol. The van der Waals surface area contributed by atoms with Gasteiger partial charge in [0, 0.05) is 18.2 Å². The number of nitrogens with zero attached hydrogens (tertiary/aromatic N) is 3. The van der Waals surface area contributed by atoms with Crippen LogP contribution in [0.25, 0.3) is 5.70 Å². The van der Waals surface area contributed by atoms with Gasteiger partial charge in [0.25, 0.3) is 5.91 Å². The number of amides is 1. The van der Waals surface area contributed by atoms with Gasteiger partial charge in [0.2, 0.25) is 5.82 Å². The highest BCUT2D eigenvalue weighted by Gasteiger charge is 2.19. The number of nitrogens with two attached hydrogens (primary N) is 2. The molecule has 0 saturated heterocycles. The molecule has 1 aliphatic heterocycles. The fourth-order valence-corrected chi connectivity index (χ4v) is 3.47. The first-order valence-corrected chi connectivity index (χ1v) is 11.0. The lowest BCUT2D eigenvalue weighted by atomic mass is 10.1. The minimum Gasteiger partial charge on any atom is -0.364 e. The van der Waals surface area contributed by atoms with E-state index in [1.165, 1.54) is 12.3 Å². The van der Waals surface area contributed by atoms with Gasteiger partial charge < -0.3 is 16.4 Å². The summed E-state index contributed by atoms with van der Waals surface area (Å²) in [7, 11) is 0. The zero-order chi connectivity index (χ0) is 25.7. The van der Waals surface area contributed by atoms with Crippen LogP contribution in [-0.2, 0) is 6.54 Å². The summed E-state index contributed by atoms with van der Waals surface area (Å²) in [6, 6.07) is 12.3. The van der Waals surface area contributed by atoms with Crippen molar-refractivity contribution in [3.63, 3.8) is 0 Å². The number of halogens is 2. The third-order valence-electron chi connectivity index (χ3n) is 5.46. The monoisotopic (exact) mass is 489 g/mol. The normalized spacial score (nSPS) is 13.5. The maximum atomic E-state index is 13.6. The van der Waals surface area contributed by atoms with E-state index >= 15 is 0 Å². The molecule has 1 aliphatic rings. The van der Waals surface area contributed by atoms with E-state index in [2.05, 4.69) is 26.0 Å². The van der Waals surface area contributed by atoms with Gasteiger partial charge in [0.05, 0.1) is 17.9 Å². The van der Waals surface area contributed by atoms with Gasteiger partial charge in [-0.2, -0.15) is 10.7 Å². The zero-order valence-electron chi connectivity index (χ0n) is 19.2. The highest BCUT2D eigenvalue weighted by molar-refractivity contribution is 5.97. The maximum Gasteiger partial charge on any atom is 0.274 e. The van der Waals surface area contributed by atoms with Crippen molar-refractivity contribution < 1.29 is 19.0 Å². The molecule has 1 amide bonds. The van der Waals surface area contributed by atoms with E-state index in [1.54, 1.807) is 12.3 Å². The molecule has 11 heteroatoms. The average molecular weight is 490 g/mol. The lowest BCUT2D eigenvalue weighted by Gasteiger charge is -2.16. The Balaban J connectivity index is 1.47. The van der Waals surface area contributed by atoms with Gasteiger partial charge in [-0.3, -0.25) is 4.79 Å². The van der Waals surface area contributed by atoms with Crippen LogP contribution in [0, 0.1) is 23.0 Å². The third-order valence-corrected chi connectivity index (χ3v) is 5.46. The first kappa shape index (κ1) is 24.3. The Labute approximate surface area is 205 Å². The number of carbonyl (C=O) groups excluding carboxylic acids is 1. The SMILES string of the molecule is CC(NC(=O)c1nc(C#N)cnc1NCc1ccc(C2=CC=C(N)[NH2+]N2)cc1)c1ccc(F)c(F)c1. The van der Waals surface area contributed by atoms with Crippen molar-refractivity contribution in [1.29, 1.82) is 5.26 Å². The molecule has 9 nitrogen and oxygen atoms in total. The molecule has 182 valence electrons. The van der Waals surface area contributed by atoms with Crippen molar-refractivity contribution in [2.45, 2.75) is 19.5 Å². The Hall–Kier alpha value is -4.82. The molecule has 1 aromatic heterocycles. The van der Waals surface area contributed by atoms with Crippen LogP contribution in [0.15, 0.2) is 66.6 Å². The summed E-state index contributed by atoms with van der Waals surface area (Å²) in [4.78, 5) is 21.2.